The summed E-state index contributed by atoms with van der Waals surface area (Å²) >= 11 is 4.25. The SMILES string of the molecule is FB(F)F.[K][CH2]Br. The molecule has 7 heavy (non-hydrogen) atoms. The molecular formula is CH2BBrF3K. The molecule has 0 aliphatic rings. The Morgan fingerprint density at radius 1 is 1.43 bits per heavy atom. The molecule has 0 fully saturated rings. The number of hydrogen-bond acceptors (Lipinski definition) is 0. The van der Waals surface area contributed by atoms with Crippen LogP contribution in [0.1, 0.15) is 0 Å². The fourth-order valence-corrected chi connectivity index (χ4v) is 0. The molecule has 0 aliphatic heterocycles. The Morgan fingerprint density at radius 2 is 1.43 bits per heavy atom. The summed E-state index contributed by atoms with van der Waals surface area (Å²) in [7, 11) is -3.67. The molecule has 0 unspecified atom stereocenters. The number of halogens is 4. The third kappa shape index (κ3) is 73.1. The zero-order valence-electron chi connectivity index (χ0n) is 3.80. The third-order valence-electron chi connectivity index (χ3n) is 0. The molecule has 0 aliphatic carbocycles. The van der Waals surface area contributed by atoms with Crippen molar-refractivity contribution in [3.8, 4) is 0 Å². The van der Waals surface area contributed by atoms with E-state index < -0.39 is 7.54 Å². The molecule has 38 valence electrons. The molecule has 0 atom stereocenters. The zero-order valence-corrected chi connectivity index (χ0v) is 8.51. The Balaban J connectivity index is 0. The number of rotatable bonds is 0. The van der Waals surface area contributed by atoms with Gasteiger partial charge in [0.2, 0.25) is 0 Å². The van der Waals surface area contributed by atoms with Crippen molar-refractivity contribution < 1.29 is 12.9 Å². The van der Waals surface area contributed by atoms with E-state index in [-0.39, 0.29) is 0 Å². The molecule has 0 aromatic carbocycles. The predicted octanol–water partition coefficient (Wildman–Crippen LogP) is 1.39. The van der Waals surface area contributed by atoms with Crippen LogP contribution in [0.4, 0.5) is 12.9 Å². The summed E-state index contributed by atoms with van der Waals surface area (Å²) in [5.41, 5.74) is 0. The minimum absolute atomic E-state index is 1.02. The van der Waals surface area contributed by atoms with Gasteiger partial charge in [0.15, 0.2) is 0 Å². The predicted molar refractivity (Wildman–Crippen MR) is 28.6 cm³/mol. The van der Waals surface area contributed by atoms with Crippen molar-refractivity contribution in [3.05, 3.63) is 0 Å². The standard InChI is InChI=1S/CH2Br.BF3.K/c1-2;2-1(3)4;/h1H2;;. The Morgan fingerprint density at radius 3 is 1.43 bits per heavy atom. The van der Waals surface area contributed by atoms with Crippen molar-refractivity contribution in [2.45, 2.75) is 0 Å². The van der Waals surface area contributed by atoms with Gasteiger partial charge in [-0.25, -0.2) is 0 Å². The van der Waals surface area contributed by atoms with E-state index in [4.69, 9.17) is 0 Å². The maximum absolute atomic E-state index is 9.67. The molecule has 0 bridgehead atoms. The van der Waals surface area contributed by atoms with Gasteiger partial charge in [-0.1, -0.05) is 0 Å². The normalized spacial score (nSPS) is 6.57. The van der Waals surface area contributed by atoms with E-state index in [9.17, 15) is 12.9 Å². The van der Waals surface area contributed by atoms with Crippen LogP contribution in [0, 0.1) is 0 Å². The number of hydrogen-bond donors (Lipinski definition) is 0. The van der Waals surface area contributed by atoms with Gasteiger partial charge in [0.1, 0.15) is 0 Å². The fourth-order valence-electron chi connectivity index (χ4n) is 0. The molecule has 0 saturated heterocycles. The average molecular weight is 201 g/mol. The van der Waals surface area contributed by atoms with Crippen LogP contribution in [0.5, 0.6) is 0 Å². The van der Waals surface area contributed by atoms with Crippen LogP contribution in [-0.2, 0) is 0 Å². The molecule has 0 N–H and O–H groups in total. The van der Waals surface area contributed by atoms with Crippen LogP contribution in [0.25, 0.3) is 0 Å². The first-order valence-electron chi connectivity index (χ1n) is 1.63. The molecular weight excluding hydrogens is 199 g/mol. The molecule has 0 spiro atoms. The molecule has 0 radical (unpaired) electrons. The number of alkyl halides is 1. The first-order chi connectivity index (χ1) is 3.15. The van der Waals surface area contributed by atoms with Gasteiger partial charge in [0, 0.05) is 0 Å². The molecule has 0 saturated carbocycles. The van der Waals surface area contributed by atoms with Gasteiger partial charge in [0.05, 0.1) is 0 Å². The monoisotopic (exact) mass is 200 g/mol. The Bertz CT molecular complexity index is 26.1. The van der Waals surface area contributed by atoms with E-state index in [0.717, 1.165) is 49.0 Å². The topological polar surface area (TPSA) is 0 Å². The molecule has 0 nitrogen and oxygen atoms in total. The quantitative estimate of drug-likeness (QED) is 0.410. The summed E-state index contributed by atoms with van der Waals surface area (Å²) in [6.45, 7) is 0. The van der Waals surface area contributed by atoms with E-state index in [1.165, 1.54) is -0.575 Å². The summed E-state index contributed by atoms with van der Waals surface area (Å²) in [5, 5.41) is 0. The minimum atomic E-state index is -3.67. The van der Waals surface area contributed by atoms with Gasteiger partial charge in [0.25, 0.3) is 0 Å². The molecule has 0 aromatic heterocycles. The molecule has 0 heterocycles. The first kappa shape index (κ1) is 11.7. The summed E-state index contributed by atoms with van der Waals surface area (Å²) in [4.78, 5) is 0. The van der Waals surface area contributed by atoms with Crippen LogP contribution in [0.15, 0.2) is 0 Å². The van der Waals surface area contributed by atoms with Crippen molar-refractivity contribution in [2.75, 3.05) is -0.575 Å². The first-order valence-corrected chi connectivity index (χ1v) is 4.96. The molecule has 0 aromatic rings. The second-order valence-electron chi connectivity index (χ2n) is 0.515. The van der Waals surface area contributed by atoms with Crippen LogP contribution >= 0.6 is 15.9 Å². The third-order valence-corrected chi connectivity index (χ3v) is 0. The van der Waals surface area contributed by atoms with Crippen LogP contribution in [0.3, 0.4) is 0 Å². The molecule has 0 rings (SSSR count). The fraction of sp³-hybridized carbons (Fsp3) is 1.00. The van der Waals surface area contributed by atoms with Crippen molar-refractivity contribution >= 4 is 72.4 Å². The van der Waals surface area contributed by atoms with Gasteiger partial charge < -0.3 is 0 Å². The van der Waals surface area contributed by atoms with Gasteiger partial charge in [-0.05, 0) is 0 Å². The van der Waals surface area contributed by atoms with Crippen LogP contribution in [-0.4, -0.2) is 55.9 Å². The Hall–Kier alpha value is 1.97. The van der Waals surface area contributed by atoms with E-state index in [2.05, 4.69) is 15.9 Å². The zero-order chi connectivity index (χ0) is 6.28. The van der Waals surface area contributed by atoms with Crippen molar-refractivity contribution in [3.63, 3.8) is 0 Å². The van der Waals surface area contributed by atoms with Crippen molar-refractivity contribution in [2.24, 2.45) is 0 Å². The maximum atomic E-state index is 9.67. The average Bonchev–Trinajstić information content (AvgIpc) is 1.33. The van der Waals surface area contributed by atoms with Gasteiger partial charge in [-0.15, -0.1) is 0 Å². The summed E-state index contributed by atoms with van der Waals surface area (Å²) in [6.07, 6.45) is 0. The van der Waals surface area contributed by atoms with E-state index in [1.807, 2.05) is 0 Å². The Labute approximate surface area is 83.2 Å². The summed E-state index contributed by atoms with van der Waals surface area (Å²) in [6, 6.07) is 0. The van der Waals surface area contributed by atoms with E-state index in [1.54, 1.807) is 0 Å². The van der Waals surface area contributed by atoms with E-state index >= 15 is 0 Å². The molecule has 0 amide bonds. The summed E-state index contributed by atoms with van der Waals surface area (Å²) < 4.78 is 30.2. The van der Waals surface area contributed by atoms with E-state index in [0.29, 0.717) is 0 Å². The Kier molecular flexibility index (Phi) is 18.2. The summed E-state index contributed by atoms with van der Waals surface area (Å²) in [5.74, 6) is 0. The van der Waals surface area contributed by atoms with Gasteiger partial charge in [-0.2, -0.15) is 0 Å². The second-order valence-corrected chi connectivity index (χ2v) is 5.97. The molecule has 6 heteroatoms. The van der Waals surface area contributed by atoms with Gasteiger partial charge >= 0.3 is 71.9 Å². The second kappa shape index (κ2) is 10.9. The van der Waals surface area contributed by atoms with Crippen molar-refractivity contribution in [1.82, 2.24) is 0 Å². The van der Waals surface area contributed by atoms with Crippen LogP contribution < -0.4 is 0 Å². The van der Waals surface area contributed by atoms with Crippen LogP contribution in [0.2, 0.25) is 0 Å². The van der Waals surface area contributed by atoms with Gasteiger partial charge in [-0.3, -0.25) is 12.9 Å². The van der Waals surface area contributed by atoms with Crippen molar-refractivity contribution in [1.29, 1.82) is 0 Å².